The van der Waals surface area contributed by atoms with E-state index in [0.29, 0.717) is 15.8 Å². The third-order valence-corrected chi connectivity index (χ3v) is 6.27. The van der Waals surface area contributed by atoms with Crippen LogP contribution < -0.4 is 11.3 Å². The van der Waals surface area contributed by atoms with Crippen molar-refractivity contribution in [3.8, 4) is 0 Å². The number of fused-ring (bicyclic) bond motifs is 1. The van der Waals surface area contributed by atoms with Gasteiger partial charge in [-0.05, 0) is 17.7 Å². The maximum atomic E-state index is 12.3. The number of hydrogen-bond acceptors (Lipinski definition) is 9. The van der Waals surface area contributed by atoms with Crippen LogP contribution in [0, 0.1) is 0 Å². The van der Waals surface area contributed by atoms with Crippen molar-refractivity contribution in [2.24, 2.45) is 0 Å². The molecule has 0 amide bonds. The molecule has 0 bridgehead atoms. The number of benzene rings is 1. The fourth-order valence-electron chi connectivity index (χ4n) is 3.19. The maximum Gasteiger partial charge on any atom is 0.280 e. The highest BCUT2D eigenvalue weighted by molar-refractivity contribution is 7.98. The molecule has 1 aromatic carbocycles. The van der Waals surface area contributed by atoms with Gasteiger partial charge in [0.25, 0.3) is 5.56 Å². The van der Waals surface area contributed by atoms with Crippen molar-refractivity contribution in [3.63, 3.8) is 0 Å². The number of nitrogens with zero attached hydrogens (tertiary/aromatic N) is 3. The summed E-state index contributed by atoms with van der Waals surface area (Å²) in [5, 5.41) is 31.3. The molecule has 2 aromatic heterocycles. The summed E-state index contributed by atoms with van der Waals surface area (Å²) in [4.78, 5) is 23.2. The number of aliphatic hydroxyl groups excluding tert-OH is 3. The molecule has 160 valence electrons. The normalized spacial score (nSPS) is 24.0. The Kier molecular flexibility index (Phi) is 5.95. The van der Waals surface area contributed by atoms with E-state index in [1.165, 1.54) is 16.3 Å². The minimum Gasteiger partial charge on any atom is -0.394 e. The van der Waals surface area contributed by atoms with Gasteiger partial charge in [-0.2, -0.15) is 4.98 Å². The van der Waals surface area contributed by atoms with Crippen molar-refractivity contribution < 1.29 is 20.1 Å². The summed E-state index contributed by atoms with van der Waals surface area (Å²) in [5.74, 6) is 0.222. The number of thioether (sulfide) groups is 1. The van der Waals surface area contributed by atoms with Crippen molar-refractivity contribution in [1.82, 2.24) is 19.5 Å². The molecule has 1 aliphatic heterocycles. The van der Waals surface area contributed by atoms with Crippen LogP contribution in [-0.2, 0) is 10.5 Å². The number of ether oxygens (including phenoxy) is 1. The summed E-state index contributed by atoms with van der Waals surface area (Å²) in [6.07, 6.45) is -4.87. The van der Waals surface area contributed by atoms with E-state index in [9.17, 15) is 20.1 Å². The molecule has 6 N–H and O–H groups in total. The Balaban J connectivity index is 1.78. The summed E-state index contributed by atoms with van der Waals surface area (Å²) in [5.41, 5.74) is 5.96. The summed E-state index contributed by atoms with van der Waals surface area (Å²) in [6, 6.07) is 5.08. The van der Waals surface area contributed by atoms with Crippen LogP contribution in [0.2, 0.25) is 10.0 Å². The molecule has 4 rings (SSSR count). The fourth-order valence-corrected chi connectivity index (χ4v) is 4.76. The zero-order chi connectivity index (χ0) is 21.6. The molecule has 0 unspecified atom stereocenters. The van der Waals surface area contributed by atoms with Gasteiger partial charge in [0.05, 0.1) is 6.61 Å². The van der Waals surface area contributed by atoms with Crippen LogP contribution in [0.5, 0.6) is 0 Å². The standard InChI is InChI=1S/C17H17Cl2N5O5S/c18-7-2-1-6(8(19)3-7)5-30-17-21-10-13(22-16(20)23-14(10)28)24(17)15-12(27)11(26)9(4-25)29-15/h1-3,9,11-12,15,25-27H,4-5H2,(H3,20,22,23,28)/t9-,11-,12-,15-/m1/s1. The van der Waals surface area contributed by atoms with Gasteiger partial charge in [0.1, 0.15) is 18.3 Å². The van der Waals surface area contributed by atoms with E-state index in [0.717, 1.165) is 5.56 Å². The molecule has 10 nitrogen and oxygen atoms in total. The summed E-state index contributed by atoms with van der Waals surface area (Å²) >= 11 is 13.4. The number of halogens is 2. The highest BCUT2D eigenvalue weighted by Crippen LogP contribution is 2.36. The SMILES string of the molecule is Nc1nc2c(nc(SCc3ccc(Cl)cc3Cl)n2[C@@H]2O[C@H](CO)[C@@H](O)[C@H]2O)c(=O)[nH]1. The number of rotatable bonds is 5. The Morgan fingerprint density at radius 2 is 2.03 bits per heavy atom. The van der Waals surface area contributed by atoms with E-state index in [2.05, 4.69) is 15.0 Å². The van der Waals surface area contributed by atoms with Crippen LogP contribution in [0.15, 0.2) is 28.2 Å². The quantitative estimate of drug-likeness (QED) is 0.339. The van der Waals surface area contributed by atoms with Gasteiger partial charge in [-0.1, -0.05) is 41.0 Å². The molecule has 0 spiro atoms. The van der Waals surface area contributed by atoms with E-state index >= 15 is 0 Å². The number of nitrogens with two attached hydrogens (primary N) is 1. The Morgan fingerprint density at radius 3 is 2.70 bits per heavy atom. The van der Waals surface area contributed by atoms with Crippen molar-refractivity contribution in [2.75, 3.05) is 12.3 Å². The van der Waals surface area contributed by atoms with Crippen molar-refractivity contribution in [3.05, 3.63) is 44.2 Å². The van der Waals surface area contributed by atoms with E-state index < -0.39 is 36.7 Å². The Bertz CT molecular complexity index is 1160. The minimum absolute atomic E-state index is 0.00774. The largest absolute Gasteiger partial charge is 0.394 e. The molecule has 1 aliphatic rings. The lowest BCUT2D eigenvalue weighted by atomic mass is 10.1. The van der Waals surface area contributed by atoms with Crippen molar-refractivity contribution in [2.45, 2.75) is 35.4 Å². The van der Waals surface area contributed by atoms with E-state index in [1.807, 2.05) is 0 Å². The number of aliphatic hydroxyl groups is 3. The number of anilines is 1. The highest BCUT2D eigenvalue weighted by Gasteiger charge is 2.45. The Morgan fingerprint density at radius 1 is 1.27 bits per heavy atom. The van der Waals surface area contributed by atoms with Crippen LogP contribution in [-0.4, -0.2) is 59.8 Å². The van der Waals surface area contributed by atoms with Crippen LogP contribution in [0.4, 0.5) is 5.95 Å². The van der Waals surface area contributed by atoms with Crippen molar-refractivity contribution in [1.29, 1.82) is 0 Å². The average Bonchev–Trinajstić information content (AvgIpc) is 3.19. The summed E-state index contributed by atoms with van der Waals surface area (Å²) in [6.45, 7) is -0.500. The summed E-state index contributed by atoms with van der Waals surface area (Å²) in [7, 11) is 0. The number of aromatic nitrogens is 4. The zero-order valence-corrected chi connectivity index (χ0v) is 17.5. The molecule has 13 heteroatoms. The van der Waals surface area contributed by atoms with Crippen molar-refractivity contribution >= 4 is 52.1 Å². The number of H-pyrrole nitrogens is 1. The van der Waals surface area contributed by atoms with Gasteiger partial charge in [-0.25, -0.2) is 4.98 Å². The third-order valence-electron chi connectivity index (χ3n) is 4.68. The number of hydrogen-bond donors (Lipinski definition) is 5. The fraction of sp³-hybridized carbons (Fsp3) is 0.353. The Hall–Kier alpha value is -1.86. The minimum atomic E-state index is -1.39. The van der Waals surface area contributed by atoms with Gasteiger partial charge < -0.3 is 25.8 Å². The first-order valence-electron chi connectivity index (χ1n) is 8.77. The van der Waals surface area contributed by atoms with Gasteiger partial charge in [-0.3, -0.25) is 14.3 Å². The summed E-state index contributed by atoms with van der Waals surface area (Å²) < 4.78 is 7.01. The monoisotopic (exact) mass is 473 g/mol. The van der Waals surface area contributed by atoms with Gasteiger partial charge in [-0.15, -0.1) is 0 Å². The van der Waals surface area contributed by atoms with Crippen LogP contribution in [0.1, 0.15) is 11.8 Å². The van der Waals surface area contributed by atoms with Gasteiger partial charge in [0.2, 0.25) is 5.95 Å². The predicted octanol–water partition coefficient (Wildman–Crippen LogP) is 0.912. The number of nitrogen functional groups attached to an aromatic ring is 1. The van der Waals surface area contributed by atoms with Gasteiger partial charge >= 0.3 is 0 Å². The molecular weight excluding hydrogens is 457 g/mol. The third kappa shape index (κ3) is 3.78. The molecular formula is C17H17Cl2N5O5S. The lowest BCUT2D eigenvalue weighted by Crippen LogP contribution is -2.33. The molecule has 1 fully saturated rings. The van der Waals surface area contributed by atoms with Crippen LogP contribution in [0.25, 0.3) is 11.2 Å². The molecule has 0 aliphatic carbocycles. The molecule has 3 heterocycles. The first-order valence-corrected chi connectivity index (χ1v) is 10.5. The maximum absolute atomic E-state index is 12.3. The number of imidazole rings is 1. The average molecular weight is 474 g/mol. The van der Waals surface area contributed by atoms with E-state index in [-0.39, 0.29) is 22.3 Å². The second-order valence-corrected chi connectivity index (χ2v) is 8.43. The van der Waals surface area contributed by atoms with Crippen LogP contribution >= 0.6 is 35.0 Å². The Labute approximate surface area is 183 Å². The van der Waals surface area contributed by atoms with E-state index in [4.69, 9.17) is 33.7 Å². The molecule has 30 heavy (non-hydrogen) atoms. The number of nitrogens with one attached hydrogen (secondary N) is 1. The smallest absolute Gasteiger partial charge is 0.280 e. The van der Waals surface area contributed by atoms with Crippen LogP contribution in [0.3, 0.4) is 0 Å². The van der Waals surface area contributed by atoms with Gasteiger partial charge in [0, 0.05) is 15.8 Å². The molecule has 3 aromatic rings. The van der Waals surface area contributed by atoms with E-state index in [1.54, 1.807) is 18.2 Å². The predicted molar refractivity (Wildman–Crippen MR) is 112 cm³/mol. The van der Waals surface area contributed by atoms with Gasteiger partial charge in [0.15, 0.2) is 22.5 Å². The highest BCUT2D eigenvalue weighted by atomic mass is 35.5. The first kappa shape index (κ1) is 21.4. The molecule has 1 saturated heterocycles. The second kappa shape index (κ2) is 8.35. The molecule has 0 saturated carbocycles. The lowest BCUT2D eigenvalue weighted by molar-refractivity contribution is -0.0548. The first-order chi connectivity index (χ1) is 14.3. The topological polar surface area (TPSA) is 160 Å². The zero-order valence-electron chi connectivity index (χ0n) is 15.2. The molecule has 0 radical (unpaired) electrons. The number of aromatic amines is 1. The lowest BCUT2D eigenvalue weighted by Gasteiger charge is -2.19. The second-order valence-electron chi connectivity index (χ2n) is 6.64. The molecule has 4 atom stereocenters.